The van der Waals surface area contributed by atoms with E-state index in [1.54, 1.807) is 0 Å². The molecule has 0 saturated heterocycles. The molecule has 0 spiro atoms. The highest BCUT2D eigenvalue weighted by Gasteiger charge is 2.09. The lowest BCUT2D eigenvalue weighted by atomic mass is 10.1. The first-order valence-electron chi connectivity index (χ1n) is 5.12. The van der Waals surface area contributed by atoms with E-state index >= 15 is 0 Å². The van der Waals surface area contributed by atoms with Crippen LogP contribution in [-0.2, 0) is 0 Å². The Kier molecular flexibility index (Phi) is 4.11. The number of hydrogen-bond donors (Lipinski definition) is 1. The van der Waals surface area contributed by atoms with Crippen LogP contribution in [0.3, 0.4) is 0 Å². The minimum absolute atomic E-state index is 0.444. The van der Waals surface area contributed by atoms with Crippen LogP contribution in [0.2, 0.25) is 0 Å². The van der Waals surface area contributed by atoms with Crippen LogP contribution in [-0.4, -0.2) is 25.0 Å². The molecule has 0 radical (unpaired) electrons. The zero-order chi connectivity index (χ0) is 10.6. The zero-order valence-electron chi connectivity index (χ0n) is 9.33. The maximum Gasteiger partial charge on any atom is 0.0317 e. The van der Waals surface area contributed by atoms with Crippen molar-refractivity contribution >= 4 is 0 Å². The highest BCUT2D eigenvalue weighted by atomic mass is 15.1. The van der Waals surface area contributed by atoms with E-state index in [-0.39, 0.29) is 0 Å². The molecule has 0 amide bonds. The molecule has 0 heterocycles. The largest absolute Gasteiger partial charge is 0.329 e. The fraction of sp³-hybridized carbons (Fsp3) is 0.500. The van der Waals surface area contributed by atoms with Crippen LogP contribution >= 0.6 is 0 Å². The van der Waals surface area contributed by atoms with Crippen molar-refractivity contribution in [2.24, 2.45) is 5.73 Å². The maximum absolute atomic E-state index is 5.53. The highest BCUT2D eigenvalue weighted by Crippen LogP contribution is 2.18. The lowest BCUT2D eigenvalue weighted by Crippen LogP contribution is -2.28. The summed E-state index contributed by atoms with van der Waals surface area (Å²) in [5, 5.41) is 0. The third-order valence-electron chi connectivity index (χ3n) is 2.70. The van der Waals surface area contributed by atoms with Crippen molar-refractivity contribution in [2.75, 3.05) is 20.1 Å². The molecule has 1 unspecified atom stereocenters. The topological polar surface area (TPSA) is 29.3 Å². The Labute approximate surface area is 86.7 Å². The van der Waals surface area contributed by atoms with Gasteiger partial charge in [-0.15, -0.1) is 0 Å². The summed E-state index contributed by atoms with van der Waals surface area (Å²) in [6.45, 7) is 5.97. The smallest absolute Gasteiger partial charge is 0.0317 e. The predicted molar refractivity (Wildman–Crippen MR) is 61.3 cm³/mol. The van der Waals surface area contributed by atoms with Gasteiger partial charge in [0.1, 0.15) is 0 Å². The van der Waals surface area contributed by atoms with Gasteiger partial charge >= 0.3 is 0 Å². The van der Waals surface area contributed by atoms with Crippen molar-refractivity contribution in [1.82, 2.24) is 4.90 Å². The Balaban J connectivity index is 2.68. The number of likely N-dealkylation sites (N-methyl/N-ethyl adjacent to an activating group) is 1. The summed E-state index contributed by atoms with van der Waals surface area (Å²) in [5.74, 6) is 0. The normalized spacial score (nSPS) is 13.2. The SMILES string of the molecule is Cc1ccc(C(C)N(C)CCN)cc1. The molecule has 2 nitrogen and oxygen atoms in total. The van der Waals surface area contributed by atoms with E-state index in [1.165, 1.54) is 11.1 Å². The third kappa shape index (κ3) is 2.82. The lowest BCUT2D eigenvalue weighted by molar-refractivity contribution is 0.269. The summed E-state index contributed by atoms with van der Waals surface area (Å²) in [5.41, 5.74) is 8.19. The Bertz CT molecular complexity index is 266. The zero-order valence-corrected chi connectivity index (χ0v) is 9.33. The number of nitrogens with two attached hydrogens (primary N) is 1. The standard InChI is InChI=1S/C12H20N2/c1-10-4-6-12(7-5-10)11(2)14(3)9-8-13/h4-7,11H,8-9,13H2,1-3H3. The molecule has 78 valence electrons. The molecule has 0 bridgehead atoms. The predicted octanol–water partition coefficient (Wildman–Crippen LogP) is 1.95. The summed E-state index contributed by atoms with van der Waals surface area (Å²) in [6, 6.07) is 9.13. The molecule has 1 aromatic carbocycles. The summed E-state index contributed by atoms with van der Waals surface area (Å²) >= 11 is 0. The molecule has 0 saturated carbocycles. The molecule has 1 atom stereocenters. The van der Waals surface area contributed by atoms with Crippen molar-refractivity contribution in [1.29, 1.82) is 0 Å². The summed E-state index contributed by atoms with van der Waals surface area (Å²) in [7, 11) is 2.11. The Morgan fingerprint density at radius 2 is 1.86 bits per heavy atom. The molecule has 0 aromatic heterocycles. The summed E-state index contributed by atoms with van der Waals surface area (Å²) < 4.78 is 0. The second-order valence-electron chi connectivity index (χ2n) is 3.86. The van der Waals surface area contributed by atoms with Gasteiger partial charge in [0.05, 0.1) is 0 Å². The van der Waals surface area contributed by atoms with Crippen LogP contribution in [0.4, 0.5) is 0 Å². The molecule has 0 fully saturated rings. The van der Waals surface area contributed by atoms with E-state index in [2.05, 4.69) is 50.1 Å². The van der Waals surface area contributed by atoms with Crippen molar-refractivity contribution < 1.29 is 0 Å². The highest BCUT2D eigenvalue weighted by molar-refractivity contribution is 5.23. The van der Waals surface area contributed by atoms with Gasteiger partial charge in [-0.1, -0.05) is 29.8 Å². The number of rotatable bonds is 4. The fourth-order valence-electron chi connectivity index (χ4n) is 1.50. The molecular formula is C12H20N2. The number of nitrogens with zero attached hydrogens (tertiary/aromatic N) is 1. The van der Waals surface area contributed by atoms with Crippen LogP contribution in [0, 0.1) is 6.92 Å². The second-order valence-corrected chi connectivity index (χ2v) is 3.86. The van der Waals surface area contributed by atoms with Crippen LogP contribution in [0.1, 0.15) is 24.1 Å². The van der Waals surface area contributed by atoms with E-state index in [4.69, 9.17) is 5.73 Å². The van der Waals surface area contributed by atoms with E-state index in [1.807, 2.05) is 0 Å². The van der Waals surface area contributed by atoms with Gasteiger partial charge in [0.15, 0.2) is 0 Å². The Morgan fingerprint density at radius 3 is 2.36 bits per heavy atom. The molecule has 14 heavy (non-hydrogen) atoms. The van der Waals surface area contributed by atoms with Crippen LogP contribution in [0.15, 0.2) is 24.3 Å². The summed E-state index contributed by atoms with van der Waals surface area (Å²) in [6.07, 6.45) is 0. The molecule has 0 aliphatic rings. The number of hydrogen-bond acceptors (Lipinski definition) is 2. The van der Waals surface area contributed by atoms with Gasteiger partial charge in [-0.25, -0.2) is 0 Å². The Hall–Kier alpha value is -0.860. The molecule has 0 aliphatic carbocycles. The van der Waals surface area contributed by atoms with Crippen LogP contribution in [0.5, 0.6) is 0 Å². The molecule has 2 heteroatoms. The van der Waals surface area contributed by atoms with E-state index in [9.17, 15) is 0 Å². The fourth-order valence-corrected chi connectivity index (χ4v) is 1.50. The van der Waals surface area contributed by atoms with Gasteiger partial charge in [-0.2, -0.15) is 0 Å². The van der Waals surface area contributed by atoms with Crippen LogP contribution < -0.4 is 5.73 Å². The van der Waals surface area contributed by atoms with Crippen molar-refractivity contribution in [3.63, 3.8) is 0 Å². The first kappa shape index (κ1) is 11.2. The molecule has 0 aliphatic heterocycles. The molecule has 1 aromatic rings. The third-order valence-corrected chi connectivity index (χ3v) is 2.70. The quantitative estimate of drug-likeness (QED) is 0.790. The minimum atomic E-state index is 0.444. The van der Waals surface area contributed by atoms with Gasteiger partial charge in [0, 0.05) is 19.1 Å². The molecule has 1 rings (SSSR count). The first-order chi connectivity index (χ1) is 6.65. The summed E-state index contributed by atoms with van der Waals surface area (Å²) in [4.78, 5) is 2.27. The average Bonchev–Trinajstić information content (AvgIpc) is 2.18. The van der Waals surface area contributed by atoms with Crippen molar-refractivity contribution in [3.8, 4) is 0 Å². The minimum Gasteiger partial charge on any atom is -0.329 e. The lowest BCUT2D eigenvalue weighted by Gasteiger charge is -2.24. The molecular weight excluding hydrogens is 172 g/mol. The monoisotopic (exact) mass is 192 g/mol. The average molecular weight is 192 g/mol. The van der Waals surface area contributed by atoms with Gasteiger partial charge in [-0.3, -0.25) is 4.90 Å². The van der Waals surface area contributed by atoms with Gasteiger partial charge in [-0.05, 0) is 26.5 Å². The molecule has 2 N–H and O–H groups in total. The van der Waals surface area contributed by atoms with E-state index in [0.717, 1.165) is 6.54 Å². The van der Waals surface area contributed by atoms with Crippen molar-refractivity contribution in [2.45, 2.75) is 19.9 Å². The number of aryl methyl sites for hydroxylation is 1. The first-order valence-corrected chi connectivity index (χ1v) is 5.12. The van der Waals surface area contributed by atoms with E-state index < -0.39 is 0 Å². The van der Waals surface area contributed by atoms with Crippen LogP contribution in [0.25, 0.3) is 0 Å². The van der Waals surface area contributed by atoms with Gasteiger partial charge in [0.2, 0.25) is 0 Å². The Morgan fingerprint density at radius 1 is 1.29 bits per heavy atom. The van der Waals surface area contributed by atoms with Gasteiger partial charge in [0.25, 0.3) is 0 Å². The number of benzene rings is 1. The van der Waals surface area contributed by atoms with E-state index in [0.29, 0.717) is 12.6 Å². The second kappa shape index (κ2) is 5.13. The van der Waals surface area contributed by atoms with Gasteiger partial charge < -0.3 is 5.73 Å². The maximum atomic E-state index is 5.53. The van der Waals surface area contributed by atoms with Crippen molar-refractivity contribution in [3.05, 3.63) is 35.4 Å².